The van der Waals surface area contributed by atoms with Crippen molar-refractivity contribution in [3.63, 3.8) is 0 Å². The fourth-order valence-corrected chi connectivity index (χ4v) is 3.82. The molecule has 1 amide bonds. The van der Waals surface area contributed by atoms with Crippen molar-refractivity contribution in [2.45, 2.75) is 17.9 Å². The maximum atomic E-state index is 12.2. The van der Waals surface area contributed by atoms with Crippen LogP contribution in [0.5, 0.6) is 11.5 Å². The van der Waals surface area contributed by atoms with Crippen LogP contribution in [-0.2, 0) is 21.2 Å². The number of hydrogen-bond donors (Lipinski definition) is 1. The molecule has 0 radical (unpaired) electrons. The molecule has 0 heterocycles. The van der Waals surface area contributed by atoms with E-state index in [0.717, 1.165) is 5.56 Å². The van der Waals surface area contributed by atoms with E-state index in [1.54, 1.807) is 37.4 Å². The second-order valence-corrected chi connectivity index (χ2v) is 8.04. The molecule has 2 aromatic carbocycles. The maximum absolute atomic E-state index is 12.2. The Morgan fingerprint density at radius 2 is 1.81 bits per heavy atom. The zero-order valence-corrected chi connectivity index (χ0v) is 16.1. The van der Waals surface area contributed by atoms with E-state index in [1.165, 1.54) is 19.2 Å². The Hall–Kier alpha value is -2.25. The number of halogens is 1. The highest BCUT2D eigenvalue weighted by molar-refractivity contribution is 7.91. The first-order valence-corrected chi connectivity index (χ1v) is 9.84. The molecule has 2 rings (SSSR count). The molecule has 8 heteroatoms. The van der Waals surface area contributed by atoms with Crippen molar-refractivity contribution in [2.75, 3.05) is 20.0 Å². The monoisotopic (exact) mass is 397 g/mol. The first kappa shape index (κ1) is 20.1. The molecular formula is C18H20ClNO5S. The van der Waals surface area contributed by atoms with Crippen LogP contribution in [0.25, 0.3) is 0 Å². The van der Waals surface area contributed by atoms with Crippen LogP contribution >= 0.6 is 11.6 Å². The number of amides is 1. The minimum Gasteiger partial charge on any atom is -0.493 e. The van der Waals surface area contributed by atoms with Gasteiger partial charge >= 0.3 is 0 Å². The number of ether oxygens (including phenoxy) is 2. The molecule has 1 N–H and O–H groups in total. The molecule has 0 fully saturated rings. The van der Waals surface area contributed by atoms with Gasteiger partial charge in [-0.2, -0.15) is 0 Å². The van der Waals surface area contributed by atoms with Gasteiger partial charge in [-0.1, -0.05) is 23.7 Å². The van der Waals surface area contributed by atoms with Gasteiger partial charge in [0.1, 0.15) is 0 Å². The molecule has 6 nitrogen and oxygen atoms in total. The van der Waals surface area contributed by atoms with Gasteiger partial charge in [-0.15, -0.1) is 0 Å². The highest BCUT2D eigenvalue weighted by Crippen LogP contribution is 2.27. The number of carbonyl (C=O) groups excluding carboxylic acids is 1. The summed E-state index contributed by atoms with van der Waals surface area (Å²) in [4.78, 5) is 12.1. The van der Waals surface area contributed by atoms with Crippen LogP contribution in [0.15, 0.2) is 47.4 Å². The summed E-state index contributed by atoms with van der Waals surface area (Å²) in [6.07, 6.45) is -0.137. The molecule has 0 saturated heterocycles. The fourth-order valence-electron chi connectivity index (χ4n) is 2.28. The molecule has 2 aromatic rings. The number of methoxy groups -OCH3 is 2. The van der Waals surface area contributed by atoms with Crippen LogP contribution in [0.1, 0.15) is 12.0 Å². The smallest absolute Gasteiger partial charge is 0.221 e. The lowest BCUT2D eigenvalue weighted by atomic mass is 10.2. The molecule has 0 aliphatic carbocycles. The molecular weight excluding hydrogens is 378 g/mol. The molecule has 0 bridgehead atoms. The van der Waals surface area contributed by atoms with Crippen LogP contribution in [0.4, 0.5) is 0 Å². The van der Waals surface area contributed by atoms with Crippen LogP contribution in [-0.4, -0.2) is 34.3 Å². The van der Waals surface area contributed by atoms with E-state index < -0.39 is 9.84 Å². The van der Waals surface area contributed by atoms with E-state index in [-0.39, 0.29) is 29.5 Å². The average Bonchev–Trinajstić information content (AvgIpc) is 2.64. The Labute approximate surface area is 158 Å². The highest BCUT2D eigenvalue weighted by Gasteiger charge is 2.17. The summed E-state index contributed by atoms with van der Waals surface area (Å²) in [5.41, 5.74) is 0.814. The van der Waals surface area contributed by atoms with Crippen molar-refractivity contribution in [1.29, 1.82) is 0 Å². The lowest BCUT2D eigenvalue weighted by Gasteiger charge is -2.10. The number of carbonyl (C=O) groups is 1. The van der Waals surface area contributed by atoms with E-state index in [4.69, 9.17) is 21.1 Å². The Balaban J connectivity index is 1.91. The Morgan fingerprint density at radius 3 is 2.46 bits per heavy atom. The summed E-state index contributed by atoms with van der Waals surface area (Å²) < 4.78 is 34.9. The van der Waals surface area contributed by atoms with Gasteiger partial charge in [0.2, 0.25) is 5.91 Å². The summed E-state index contributed by atoms with van der Waals surface area (Å²) >= 11 is 5.81. The molecule has 0 atom stereocenters. The van der Waals surface area contributed by atoms with Gasteiger partial charge in [0.05, 0.1) is 24.9 Å². The number of nitrogens with one attached hydrogen (secondary N) is 1. The molecule has 0 saturated carbocycles. The third kappa shape index (κ3) is 5.37. The third-order valence-electron chi connectivity index (χ3n) is 3.69. The van der Waals surface area contributed by atoms with E-state index in [1.807, 2.05) is 0 Å². The number of rotatable bonds is 8. The zero-order chi connectivity index (χ0) is 19.2. The molecule has 0 spiro atoms. The SMILES string of the molecule is COc1ccc(CNC(=O)CCS(=O)(=O)c2cccc(Cl)c2)cc1OC. The highest BCUT2D eigenvalue weighted by atomic mass is 35.5. The van der Waals surface area contributed by atoms with Crippen molar-refractivity contribution in [3.05, 3.63) is 53.1 Å². The van der Waals surface area contributed by atoms with Crippen molar-refractivity contribution in [3.8, 4) is 11.5 Å². The normalized spacial score (nSPS) is 11.0. The average molecular weight is 398 g/mol. The van der Waals surface area contributed by atoms with Crippen LogP contribution in [0.3, 0.4) is 0 Å². The predicted octanol–water partition coefficient (Wildman–Crippen LogP) is 2.84. The van der Waals surface area contributed by atoms with Gasteiger partial charge in [0.15, 0.2) is 21.3 Å². The van der Waals surface area contributed by atoms with Crippen LogP contribution in [0.2, 0.25) is 5.02 Å². The topological polar surface area (TPSA) is 81.7 Å². The van der Waals surface area contributed by atoms with E-state index in [2.05, 4.69) is 5.32 Å². The summed E-state index contributed by atoms with van der Waals surface area (Å²) in [5, 5.41) is 3.03. The third-order valence-corrected chi connectivity index (χ3v) is 5.64. The standard InChI is InChI=1S/C18H20ClNO5S/c1-24-16-7-6-13(10-17(16)25-2)12-20-18(21)8-9-26(22,23)15-5-3-4-14(19)11-15/h3-7,10-11H,8-9,12H2,1-2H3,(H,20,21). The van der Waals surface area contributed by atoms with Gasteiger partial charge in [-0.05, 0) is 35.9 Å². The Bertz CT molecular complexity index is 883. The van der Waals surface area contributed by atoms with Gasteiger partial charge in [0, 0.05) is 18.0 Å². The van der Waals surface area contributed by atoms with Crippen molar-refractivity contribution >= 4 is 27.3 Å². The van der Waals surface area contributed by atoms with E-state index in [0.29, 0.717) is 16.5 Å². The number of sulfone groups is 1. The second-order valence-electron chi connectivity index (χ2n) is 5.49. The van der Waals surface area contributed by atoms with E-state index >= 15 is 0 Å². The molecule has 0 aromatic heterocycles. The molecule has 26 heavy (non-hydrogen) atoms. The summed E-state index contributed by atoms with van der Waals surface area (Å²) in [5.74, 6) is 0.508. The Kier molecular flexibility index (Phi) is 6.88. The summed E-state index contributed by atoms with van der Waals surface area (Å²) in [6.45, 7) is 0.260. The maximum Gasteiger partial charge on any atom is 0.221 e. The second kappa shape index (κ2) is 8.91. The number of benzene rings is 2. The first-order valence-electron chi connectivity index (χ1n) is 7.81. The lowest BCUT2D eigenvalue weighted by molar-refractivity contribution is -0.120. The lowest BCUT2D eigenvalue weighted by Crippen LogP contribution is -2.25. The minimum atomic E-state index is -3.56. The first-order chi connectivity index (χ1) is 12.4. The van der Waals surface area contributed by atoms with Gasteiger partial charge < -0.3 is 14.8 Å². The molecule has 0 aliphatic heterocycles. The minimum absolute atomic E-state index is 0.109. The predicted molar refractivity (Wildman–Crippen MR) is 99.5 cm³/mol. The van der Waals surface area contributed by atoms with Gasteiger partial charge in [0.25, 0.3) is 0 Å². The van der Waals surface area contributed by atoms with Gasteiger partial charge in [-0.25, -0.2) is 8.42 Å². The van der Waals surface area contributed by atoms with Crippen molar-refractivity contribution in [2.24, 2.45) is 0 Å². The van der Waals surface area contributed by atoms with Crippen molar-refractivity contribution < 1.29 is 22.7 Å². The van der Waals surface area contributed by atoms with Crippen molar-refractivity contribution in [1.82, 2.24) is 5.32 Å². The van der Waals surface area contributed by atoms with E-state index in [9.17, 15) is 13.2 Å². The molecule has 140 valence electrons. The number of hydrogen-bond acceptors (Lipinski definition) is 5. The summed E-state index contributed by atoms with van der Waals surface area (Å²) in [7, 11) is -0.492. The largest absolute Gasteiger partial charge is 0.493 e. The van der Waals surface area contributed by atoms with Gasteiger partial charge in [-0.3, -0.25) is 4.79 Å². The quantitative estimate of drug-likeness (QED) is 0.740. The van der Waals surface area contributed by atoms with Crippen LogP contribution < -0.4 is 14.8 Å². The fraction of sp³-hybridized carbons (Fsp3) is 0.278. The van der Waals surface area contributed by atoms with Crippen LogP contribution in [0, 0.1) is 0 Å². The summed E-state index contributed by atoms with van der Waals surface area (Å²) in [6, 6.07) is 11.3. The Morgan fingerprint density at radius 1 is 1.08 bits per heavy atom. The molecule has 0 aliphatic rings. The molecule has 0 unspecified atom stereocenters. The zero-order valence-electron chi connectivity index (χ0n) is 14.5.